The maximum atomic E-state index is 12.0. The zero-order chi connectivity index (χ0) is 15.9. The molecule has 1 saturated heterocycles. The highest BCUT2D eigenvalue weighted by molar-refractivity contribution is 7.13. The van der Waals surface area contributed by atoms with Gasteiger partial charge in [-0.1, -0.05) is 0 Å². The molecule has 0 aliphatic carbocycles. The number of carbonyl (C=O) groups is 1. The van der Waals surface area contributed by atoms with Crippen molar-refractivity contribution in [2.24, 2.45) is 0 Å². The second-order valence-corrected chi connectivity index (χ2v) is 6.19. The second kappa shape index (κ2) is 8.24. The maximum absolute atomic E-state index is 12.0. The van der Waals surface area contributed by atoms with Gasteiger partial charge < -0.3 is 19.2 Å². The molecule has 23 heavy (non-hydrogen) atoms. The summed E-state index contributed by atoms with van der Waals surface area (Å²) in [7, 11) is 0. The highest BCUT2D eigenvalue weighted by Crippen LogP contribution is 2.23. The first-order chi connectivity index (χ1) is 11.3. The molecule has 0 aromatic carbocycles. The normalized spacial score (nSPS) is 17.5. The zero-order valence-corrected chi connectivity index (χ0v) is 13.6. The average Bonchev–Trinajstić information content (AvgIpc) is 3.32. The molecule has 3 rings (SSSR count). The summed E-state index contributed by atoms with van der Waals surface area (Å²) in [6.07, 6.45) is 4.82. The molecule has 2 aromatic rings. The molecule has 124 valence electrons. The topological polar surface area (TPSA) is 73.6 Å². The molecule has 0 unspecified atom stereocenters. The molecule has 1 fully saturated rings. The largest absolute Gasteiger partial charge is 0.462 e. The first-order valence-corrected chi connectivity index (χ1v) is 8.68. The number of thiazole rings is 1. The van der Waals surface area contributed by atoms with Crippen LogP contribution in [0.15, 0.2) is 28.2 Å². The van der Waals surface area contributed by atoms with E-state index in [4.69, 9.17) is 13.9 Å². The summed E-state index contributed by atoms with van der Waals surface area (Å²) >= 11 is 1.39. The fourth-order valence-corrected chi connectivity index (χ4v) is 3.12. The van der Waals surface area contributed by atoms with Crippen molar-refractivity contribution < 1.29 is 18.7 Å². The molecule has 7 heteroatoms. The molecule has 1 N–H and O–H groups in total. The molecule has 0 spiro atoms. The molecule has 3 heterocycles. The minimum absolute atomic E-state index is 0.168. The van der Waals surface area contributed by atoms with Crippen LogP contribution in [0.3, 0.4) is 0 Å². The van der Waals surface area contributed by atoms with Crippen LogP contribution in [-0.2, 0) is 9.47 Å². The van der Waals surface area contributed by atoms with Gasteiger partial charge in [-0.15, -0.1) is 11.3 Å². The number of amides is 1. The summed E-state index contributed by atoms with van der Waals surface area (Å²) < 4.78 is 16.3. The predicted molar refractivity (Wildman–Crippen MR) is 86.6 cm³/mol. The summed E-state index contributed by atoms with van der Waals surface area (Å²) in [5.41, 5.74) is 0.418. The minimum atomic E-state index is -0.168. The van der Waals surface area contributed by atoms with Crippen LogP contribution in [0.2, 0.25) is 0 Å². The van der Waals surface area contributed by atoms with Gasteiger partial charge in [-0.25, -0.2) is 4.98 Å². The second-order valence-electron chi connectivity index (χ2n) is 5.33. The van der Waals surface area contributed by atoms with Crippen LogP contribution < -0.4 is 5.32 Å². The quantitative estimate of drug-likeness (QED) is 0.750. The van der Waals surface area contributed by atoms with Crippen molar-refractivity contribution in [2.75, 3.05) is 26.4 Å². The molecule has 1 aliphatic heterocycles. The average molecular weight is 336 g/mol. The van der Waals surface area contributed by atoms with Gasteiger partial charge in [-0.05, 0) is 31.4 Å². The third kappa shape index (κ3) is 4.63. The van der Waals surface area contributed by atoms with E-state index < -0.39 is 0 Å². The zero-order valence-electron chi connectivity index (χ0n) is 12.8. The molecule has 2 aromatic heterocycles. The van der Waals surface area contributed by atoms with Crippen LogP contribution in [0, 0.1) is 0 Å². The summed E-state index contributed by atoms with van der Waals surface area (Å²) in [5.74, 6) is 0.509. The van der Waals surface area contributed by atoms with Crippen molar-refractivity contribution in [3.63, 3.8) is 0 Å². The standard InChI is InChI=1S/C16H20N2O4S/c19-15(13-11-23-16(18-13)14-5-2-9-22-14)17-6-3-7-20-10-12-4-1-8-21-12/h2,5,9,11-12H,1,3-4,6-8,10H2,(H,17,19)/t12-/m1/s1. The molecular weight excluding hydrogens is 316 g/mol. The molecule has 1 atom stereocenters. The van der Waals surface area contributed by atoms with Crippen LogP contribution in [0.5, 0.6) is 0 Å². The van der Waals surface area contributed by atoms with Crippen LogP contribution >= 0.6 is 11.3 Å². The van der Waals surface area contributed by atoms with Crippen molar-refractivity contribution in [1.82, 2.24) is 10.3 Å². The molecule has 6 nitrogen and oxygen atoms in total. The number of nitrogens with zero attached hydrogens (tertiary/aromatic N) is 1. The van der Waals surface area contributed by atoms with E-state index in [1.54, 1.807) is 17.7 Å². The molecule has 0 bridgehead atoms. The van der Waals surface area contributed by atoms with Gasteiger partial charge in [0.1, 0.15) is 5.69 Å². The van der Waals surface area contributed by atoms with E-state index in [0.29, 0.717) is 36.2 Å². The monoisotopic (exact) mass is 336 g/mol. The summed E-state index contributed by atoms with van der Waals surface area (Å²) in [5, 5.41) is 5.29. The number of nitrogens with one attached hydrogen (secondary N) is 1. The smallest absolute Gasteiger partial charge is 0.270 e. The van der Waals surface area contributed by atoms with Gasteiger partial charge in [0, 0.05) is 25.1 Å². The van der Waals surface area contributed by atoms with E-state index in [1.807, 2.05) is 6.07 Å². The Morgan fingerprint density at radius 1 is 1.52 bits per heavy atom. The van der Waals surface area contributed by atoms with Crippen LogP contribution in [0.4, 0.5) is 0 Å². The van der Waals surface area contributed by atoms with E-state index in [9.17, 15) is 4.79 Å². The number of rotatable bonds is 8. The van der Waals surface area contributed by atoms with Gasteiger partial charge in [-0.2, -0.15) is 0 Å². The van der Waals surface area contributed by atoms with Gasteiger partial charge >= 0.3 is 0 Å². The minimum Gasteiger partial charge on any atom is -0.462 e. The lowest BCUT2D eigenvalue weighted by Crippen LogP contribution is -2.26. The highest BCUT2D eigenvalue weighted by atomic mass is 32.1. The molecule has 0 radical (unpaired) electrons. The van der Waals surface area contributed by atoms with Crippen molar-refractivity contribution in [1.29, 1.82) is 0 Å². The SMILES string of the molecule is O=C(NCCCOC[C@H]1CCCO1)c1csc(-c2ccco2)n1. The number of hydrogen-bond donors (Lipinski definition) is 1. The number of aromatic nitrogens is 1. The fourth-order valence-electron chi connectivity index (χ4n) is 2.35. The molecular formula is C16H20N2O4S. The van der Waals surface area contributed by atoms with Gasteiger partial charge in [-0.3, -0.25) is 4.79 Å². The van der Waals surface area contributed by atoms with Crippen molar-refractivity contribution in [3.8, 4) is 10.8 Å². The summed E-state index contributed by atoms with van der Waals surface area (Å²) in [4.78, 5) is 16.3. The Kier molecular flexibility index (Phi) is 5.79. The van der Waals surface area contributed by atoms with E-state index >= 15 is 0 Å². The number of furan rings is 1. The van der Waals surface area contributed by atoms with Gasteiger partial charge in [0.25, 0.3) is 5.91 Å². The highest BCUT2D eigenvalue weighted by Gasteiger charge is 2.15. The maximum Gasteiger partial charge on any atom is 0.270 e. The lowest BCUT2D eigenvalue weighted by molar-refractivity contribution is 0.0166. The van der Waals surface area contributed by atoms with Crippen LogP contribution in [0.1, 0.15) is 29.8 Å². The first-order valence-electron chi connectivity index (χ1n) is 7.80. The van der Waals surface area contributed by atoms with Crippen molar-refractivity contribution in [2.45, 2.75) is 25.4 Å². The Bertz CT molecular complexity index is 605. The Morgan fingerprint density at radius 2 is 2.48 bits per heavy atom. The number of ether oxygens (including phenoxy) is 2. The Morgan fingerprint density at radius 3 is 3.26 bits per heavy atom. The van der Waals surface area contributed by atoms with E-state index in [-0.39, 0.29) is 12.0 Å². The lowest BCUT2D eigenvalue weighted by Gasteiger charge is -2.10. The Labute approximate surface area is 138 Å². The van der Waals surface area contributed by atoms with Crippen LogP contribution in [0.25, 0.3) is 10.8 Å². The third-order valence-electron chi connectivity index (χ3n) is 3.55. The van der Waals surface area contributed by atoms with E-state index in [2.05, 4.69) is 10.3 Å². The molecule has 0 saturated carbocycles. The molecule has 1 amide bonds. The van der Waals surface area contributed by atoms with E-state index in [0.717, 1.165) is 25.9 Å². The fraction of sp³-hybridized carbons (Fsp3) is 0.500. The Hall–Kier alpha value is -1.70. The van der Waals surface area contributed by atoms with Gasteiger partial charge in [0.2, 0.25) is 0 Å². The number of hydrogen-bond acceptors (Lipinski definition) is 6. The van der Waals surface area contributed by atoms with Crippen LogP contribution in [-0.4, -0.2) is 43.4 Å². The number of carbonyl (C=O) groups excluding carboxylic acids is 1. The lowest BCUT2D eigenvalue weighted by atomic mass is 10.2. The third-order valence-corrected chi connectivity index (χ3v) is 4.40. The summed E-state index contributed by atoms with van der Waals surface area (Å²) in [6, 6.07) is 3.62. The van der Waals surface area contributed by atoms with Gasteiger partial charge in [0.15, 0.2) is 10.8 Å². The van der Waals surface area contributed by atoms with E-state index in [1.165, 1.54) is 11.3 Å². The predicted octanol–water partition coefficient (Wildman–Crippen LogP) is 2.72. The Balaban J connectivity index is 1.33. The first kappa shape index (κ1) is 16.2. The summed E-state index contributed by atoms with van der Waals surface area (Å²) in [6.45, 7) is 2.68. The van der Waals surface area contributed by atoms with Gasteiger partial charge in [0.05, 0.1) is 19.0 Å². The van der Waals surface area contributed by atoms with Crippen molar-refractivity contribution >= 4 is 17.2 Å². The van der Waals surface area contributed by atoms with Crippen molar-refractivity contribution in [3.05, 3.63) is 29.5 Å². The molecule has 1 aliphatic rings.